The minimum absolute atomic E-state index is 0.132. The molecule has 1 aliphatic rings. The van der Waals surface area contributed by atoms with Gasteiger partial charge in [0.1, 0.15) is 11.6 Å². The first-order valence-electron chi connectivity index (χ1n) is 11.0. The van der Waals surface area contributed by atoms with Crippen molar-refractivity contribution in [3.05, 3.63) is 99.8 Å². The normalized spacial score (nSPS) is 15.2. The van der Waals surface area contributed by atoms with Gasteiger partial charge >= 0.3 is 12.1 Å². The third kappa shape index (κ3) is 6.29. The van der Waals surface area contributed by atoms with E-state index in [1.807, 2.05) is 30.3 Å². The first-order valence-corrected chi connectivity index (χ1v) is 11.4. The maximum atomic E-state index is 13.9. The van der Waals surface area contributed by atoms with E-state index < -0.39 is 24.8 Å². The van der Waals surface area contributed by atoms with E-state index in [-0.39, 0.29) is 24.7 Å². The Morgan fingerprint density at radius 1 is 1.06 bits per heavy atom. The highest BCUT2D eigenvalue weighted by atomic mass is 35.5. The fourth-order valence-electron chi connectivity index (χ4n) is 4.02. The van der Waals surface area contributed by atoms with E-state index in [9.17, 15) is 14.0 Å². The van der Waals surface area contributed by atoms with Crippen LogP contribution >= 0.6 is 11.6 Å². The van der Waals surface area contributed by atoms with Crippen molar-refractivity contribution < 1.29 is 33.4 Å². The molecule has 0 aromatic heterocycles. The van der Waals surface area contributed by atoms with Crippen LogP contribution in [0.15, 0.2) is 66.7 Å². The fourth-order valence-corrected chi connectivity index (χ4v) is 4.20. The van der Waals surface area contributed by atoms with Gasteiger partial charge in [-0.05, 0) is 53.4 Å². The van der Waals surface area contributed by atoms with Gasteiger partial charge in [0.25, 0.3) is 0 Å². The summed E-state index contributed by atoms with van der Waals surface area (Å²) in [6, 6.07) is 17.9. The van der Waals surface area contributed by atoms with Crippen molar-refractivity contribution in [2.24, 2.45) is 0 Å². The van der Waals surface area contributed by atoms with Crippen LogP contribution in [0.5, 0.6) is 5.75 Å². The molecule has 35 heavy (non-hydrogen) atoms. The van der Waals surface area contributed by atoms with Gasteiger partial charge in [0.15, 0.2) is 6.61 Å². The summed E-state index contributed by atoms with van der Waals surface area (Å²) in [5.74, 6) is -1.28. The minimum atomic E-state index is -1.15. The van der Waals surface area contributed by atoms with Crippen molar-refractivity contribution in [1.82, 2.24) is 5.06 Å². The maximum absolute atomic E-state index is 13.9. The summed E-state index contributed by atoms with van der Waals surface area (Å²) in [6.07, 6.45) is 0.0712. The van der Waals surface area contributed by atoms with Crippen LogP contribution in [0.3, 0.4) is 0 Å². The smallest absolute Gasteiger partial charge is 0.482 e. The van der Waals surface area contributed by atoms with Gasteiger partial charge in [-0.3, -0.25) is 0 Å². The number of rotatable bonds is 8. The molecule has 0 unspecified atom stereocenters. The largest absolute Gasteiger partial charge is 0.527 e. The van der Waals surface area contributed by atoms with E-state index >= 15 is 0 Å². The zero-order valence-corrected chi connectivity index (χ0v) is 19.4. The zero-order chi connectivity index (χ0) is 24.8. The second kappa shape index (κ2) is 11.2. The highest BCUT2D eigenvalue weighted by molar-refractivity contribution is 6.30. The first-order chi connectivity index (χ1) is 16.9. The van der Waals surface area contributed by atoms with Crippen LogP contribution in [-0.4, -0.2) is 42.1 Å². The molecule has 182 valence electrons. The Morgan fingerprint density at radius 2 is 1.86 bits per heavy atom. The molecule has 0 saturated heterocycles. The standard InChI is InChI=1S/C26H23ClFNO6/c27-19-6-9-23(34-16-24(30)31)22(15-19)25-21-8-7-20(28)14-18(21)10-12-29(25)35-26(32)33-13-11-17-4-2-1-3-5-17/h1-9,14-15,25H,10-13,16H2,(H,30,31)/t25-/m0/s1. The number of aliphatic carboxylic acids is 1. The molecule has 3 aromatic carbocycles. The highest BCUT2D eigenvalue weighted by Crippen LogP contribution is 2.41. The quantitative estimate of drug-likeness (QED) is 0.426. The monoisotopic (exact) mass is 499 g/mol. The molecule has 1 N–H and O–H groups in total. The molecule has 0 saturated carbocycles. The van der Waals surface area contributed by atoms with E-state index in [0.29, 0.717) is 29.0 Å². The Bertz CT molecular complexity index is 1210. The number of hydrogen-bond donors (Lipinski definition) is 1. The minimum Gasteiger partial charge on any atom is -0.482 e. The molecule has 1 aliphatic heterocycles. The molecule has 0 aliphatic carbocycles. The van der Waals surface area contributed by atoms with Gasteiger partial charge in [-0.1, -0.05) is 48.0 Å². The second-order valence-electron chi connectivity index (χ2n) is 7.93. The van der Waals surface area contributed by atoms with Gasteiger partial charge in [0, 0.05) is 23.6 Å². The predicted octanol–water partition coefficient (Wildman–Crippen LogP) is 5.20. The van der Waals surface area contributed by atoms with Crippen molar-refractivity contribution in [3.8, 4) is 5.75 Å². The van der Waals surface area contributed by atoms with Gasteiger partial charge in [-0.15, -0.1) is 5.06 Å². The molecule has 0 bridgehead atoms. The van der Waals surface area contributed by atoms with Crippen molar-refractivity contribution in [2.75, 3.05) is 19.8 Å². The number of hydrogen-bond acceptors (Lipinski definition) is 6. The number of carbonyl (C=O) groups is 2. The lowest BCUT2D eigenvalue weighted by atomic mass is 9.89. The molecule has 0 spiro atoms. The molecule has 3 aromatic rings. The van der Waals surface area contributed by atoms with Gasteiger partial charge in [0.05, 0.1) is 12.6 Å². The number of halogens is 2. The summed E-state index contributed by atoms with van der Waals surface area (Å²) in [5, 5.41) is 10.9. The lowest BCUT2D eigenvalue weighted by Gasteiger charge is -2.36. The number of carboxylic acid groups (broad SMARTS) is 1. The summed E-state index contributed by atoms with van der Waals surface area (Å²) in [5.41, 5.74) is 2.91. The molecule has 1 heterocycles. The molecular formula is C26H23ClFNO6. The number of nitrogens with zero attached hydrogens (tertiary/aromatic N) is 1. The van der Waals surface area contributed by atoms with Crippen LogP contribution in [0, 0.1) is 5.82 Å². The number of carboxylic acids is 1. The Hall–Kier alpha value is -3.62. The average Bonchev–Trinajstić information content (AvgIpc) is 2.84. The Balaban J connectivity index is 1.58. The molecule has 9 heteroatoms. The lowest BCUT2D eigenvalue weighted by molar-refractivity contribution is -0.151. The Morgan fingerprint density at radius 3 is 2.63 bits per heavy atom. The topological polar surface area (TPSA) is 85.3 Å². The molecule has 0 amide bonds. The zero-order valence-electron chi connectivity index (χ0n) is 18.7. The fraction of sp³-hybridized carbons (Fsp3) is 0.231. The Kier molecular flexibility index (Phi) is 7.84. The summed E-state index contributed by atoms with van der Waals surface area (Å²) < 4.78 is 24.7. The van der Waals surface area contributed by atoms with E-state index in [1.165, 1.54) is 17.2 Å². The number of fused-ring (bicyclic) bond motifs is 1. The molecule has 4 rings (SSSR count). The molecule has 0 radical (unpaired) electrons. The van der Waals surface area contributed by atoms with E-state index in [2.05, 4.69) is 0 Å². The summed E-state index contributed by atoms with van der Waals surface area (Å²) in [7, 11) is 0. The van der Waals surface area contributed by atoms with Gasteiger partial charge < -0.3 is 19.4 Å². The first kappa shape index (κ1) is 24.5. The maximum Gasteiger partial charge on any atom is 0.527 e. The summed E-state index contributed by atoms with van der Waals surface area (Å²) in [4.78, 5) is 29.2. The van der Waals surface area contributed by atoms with Crippen LogP contribution in [0.4, 0.5) is 9.18 Å². The molecule has 1 atom stereocenters. The number of ether oxygens (including phenoxy) is 2. The number of carbonyl (C=O) groups excluding carboxylic acids is 1. The van der Waals surface area contributed by atoms with Crippen molar-refractivity contribution in [1.29, 1.82) is 0 Å². The van der Waals surface area contributed by atoms with Crippen LogP contribution in [-0.2, 0) is 27.2 Å². The molecule has 0 fully saturated rings. The molecular weight excluding hydrogens is 477 g/mol. The molecule has 7 nitrogen and oxygen atoms in total. The Labute approximate surface area is 206 Å². The SMILES string of the molecule is O=C(O)COc1ccc(Cl)cc1[C@@H]1c2ccc(F)cc2CCN1OC(=O)OCCc1ccccc1. The van der Waals surface area contributed by atoms with Gasteiger partial charge in [0.2, 0.25) is 0 Å². The predicted molar refractivity (Wildman–Crippen MR) is 126 cm³/mol. The van der Waals surface area contributed by atoms with Gasteiger partial charge in [-0.2, -0.15) is 0 Å². The summed E-state index contributed by atoms with van der Waals surface area (Å²) >= 11 is 6.25. The van der Waals surface area contributed by atoms with Crippen LogP contribution in [0.25, 0.3) is 0 Å². The van der Waals surface area contributed by atoms with E-state index in [0.717, 1.165) is 11.1 Å². The van der Waals surface area contributed by atoms with E-state index in [4.69, 9.17) is 31.0 Å². The van der Waals surface area contributed by atoms with Crippen molar-refractivity contribution >= 4 is 23.7 Å². The third-order valence-electron chi connectivity index (χ3n) is 5.55. The number of hydroxylamine groups is 2. The average molecular weight is 500 g/mol. The van der Waals surface area contributed by atoms with Crippen LogP contribution in [0.1, 0.15) is 28.3 Å². The van der Waals surface area contributed by atoms with E-state index in [1.54, 1.807) is 24.3 Å². The summed E-state index contributed by atoms with van der Waals surface area (Å²) in [6.45, 7) is -0.187. The van der Waals surface area contributed by atoms with Crippen molar-refractivity contribution in [2.45, 2.75) is 18.9 Å². The lowest BCUT2D eigenvalue weighted by Crippen LogP contribution is -2.38. The van der Waals surface area contributed by atoms with Crippen LogP contribution in [0.2, 0.25) is 5.02 Å². The second-order valence-corrected chi connectivity index (χ2v) is 8.36. The van der Waals surface area contributed by atoms with Crippen LogP contribution < -0.4 is 4.74 Å². The van der Waals surface area contributed by atoms with Crippen molar-refractivity contribution in [3.63, 3.8) is 0 Å². The third-order valence-corrected chi connectivity index (χ3v) is 5.79. The van der Waals surface area contributed by atoms with Gasteiger partial charge in [-0.25, -0.2) is 14.0 Å². The number of benzene rings is 3. The highest BCUT2D eigenvalue weighted by Gasteiger charge is 2.34.